The van der Waals surface area contributed by atoms with E-state index in [1.165, 1.54) is 18.5 Å². The molecule has 0 atom stereocenters. The van der Waals surface area contributed by atoms with Crippen molar-refractivity contribution < 1.29 is 18.3 Å². The second-order valence-corrected chi connectivity index (χ2v) is 6.41. The van der Waals surface area contributed by atoms with Gasteiger partial charge in [-0.25, -0.2) is 13.1 Å². The smallest absolute Gasteiger partial charge is 0.305 e. The second kappa shape index (κ2) is 4.49. The van der Waals surface area contributed by atoms with Crippen molar-refractivity contribution in [3.05, 3.63) is 23.5 Å². The number of halogens is 1. The quantitative estimate of drug-likeness (QED) is 0.844. The van der Waals surface area contributed by atoms with Gasteiger partial charge in [0, 0.05) is 17.9 Å². The van der Waals surface area contributed by atoms with E-state index in [4.69, 9.17) is 16.7 Å². The summed E-state index contributed by atoms with van der Waals surface area (Å²) in [6.45, 7) is 0. The molecule has 0 spiro atoms. The number of hydrogen-bond donors (Lipinski definition) is 2. The molecule has 1 aliphatic rings. The average molecular weight is 291 g/mol. The second-order valence-electron chi connectivity index (χ2n) is 4.30. The number of carboxylic acid groups (broad SMARTS) is 1. The lowest BCUT2D eigenvalue weighted by molar-refractivity contribution is -0.137. The van der Waals surface area contributed by atoms with Crippen LogP contribution < -0.4 is 4.72 Å². The number of aliphatic carboxylic acids is 1. The molecule has 2 N–H and O–H groups in total. The number of pyridine rings is 1. The molecule has 0 unspecified atom stereocenters. The van der Waals surface area contributed by atoms with E-state index < -0.39 is 21.5 Å². The maximum Gasteiger partial charge on any atom is 0.305 e. The van der Waals surface area contributed by atoms with Crippen LogP contribution in [0.4, 0.5) is 0 Å². The van der Waals surface area contributed by atoms with Crippen LogP contribution in [0, 0.1) is 0 Å². The van der Waals surface area contributed by atoms with Gasteiger partial charge in [0.15, 0.2) is 0 Å². The zero-order valence-electron chi connectivity index (χ0n) is 9.26. The predicted octanol–water partition coefficient (Wildman–Crippen LogP) is 1.02. The normalized spacial score (nSPS) is 17.4. The average Bonchev–Trinajstić information content (AvgIpc) is 2.95. The summed E-state index contributed by atoms with van der Waals surface area (Å²) in [5.41, 5.74) is -0.854. The Labute approximate surface area is 109 Å². The first-order valence-corrected chi connectivity index (χ1v) is 7.05. The van der Waals surface area contributed by atoms with Gasteiger partial charge in [-0.05, 0) is 18.9 Å². The molecule has 0 bridgehead atoms. The summed E-state index contributed by atoms with van der Waals surface area (Å²) < 4.78 is 26.4. The summed E-state index contributed by atoms with van der Waals surface area (Å²) in [4.78, 5) is 14.3. The lowest BCUT2D eigenvalue weighted by Gasteiger charge is -2.15. The monoisotopic (exact) mass is 290 g/mol. The fourth-order valence-electron chi connectivity index (χ4n) is 1.64. The van der Waals surface area contributed by atoms with Crippen LogP contribution in [0.3, 0.4) is 0 Å². The summed E-state index contributed by atoms with van der Waals surface area (Å²) in [6.07, 6.45) is 3.31. The van der Waals surface area contributed by atoms with Crippen LogP contribution in [0.2, 0.25) is 5.02 Å². The largest absolute Gasteiger partial charge is 0.481 e. The Morgan fingerprint density at radius 1 is 1.50 bits per heavy atom. The van der Waals surface area contributed by atoms with Gasteiger partial charge >= 0.3 is 5.97 Å². The van der Waals surface area contributed by atoms with E-state index >= 15 is 0 Å². The summed E-state index contributed by atoms with van der Waals surface area (Å²) in [7, 11) is -3.78. The number of hydrogen-bond acceptors (Lipinski definition) is 4. The summed E-state index contributed by atoms with van der Waals surface area (Å²) in [5, 5.41) is 8.94. The van der Waals surface area contributed by atoms with E-state index in [1.807, 2.05) is 0 Å². The molecule has 1 aromatic rings. The van der Waals surface area contributed by atoms with E-state index in [0.717, 1.165) is 0 Å². The topological polar surface area (TPSA) is 96.4 Å². The maximum atomic E-state index is 12.0. The highest BCUT2D eigenvalue weighted by Gasteiger charge is 2.47. The Hall–Kier alpha value is -1.18. The number of carboxylic acids is 1. The van der Waals surface area contributed by atoms with Crippen molar-refractivity contribution in [2.45, 2.75) is 29.7 Å². The van der Waals surface area contributed by atoms with Crippen molar-refractivity contribution in [3.63, 3.8) is 0 Å². The van der Waals surface area contributed by atoms with Crippen LogP contribution >= 0.6 is 11.6 Å². The Bertz CT molecular complexity index is 583. The van der Waals surface area contributed by atoms with E-state index in [1.54, 1.807) is 0 Å². The Morgan fingerprint density at radius 3 is 2.67 bits per heavy atom. The van der Waals surface area contributed by atoms with Crippen LogP contribution in [0.25, 0.3) is 0 Å². The zero-order chi connectivity index (χ0) is 13.4. The standard InChI is InChI=1S/C10H11ClN2O4S/c11-7-3-8(6-12-5-7)18(16,17)13-10(1-2-10)4-9(14)15/h3,5-6,13H,1-2,4H2,(H,14,15). The Balaban J connectivity index is 2.20. The molecule has 0 aliphatic heterocycles. The number of sulfonamides is 1. The molecule has 0 radical (unpaired) electrons. The molecule has 1 saturated carbocycles. The first-order chi connectivity index (χ1) is 8.33. The molecule has 1 aliphatic carbocycles. The molecule has 2 rings (SSSR count). The molecule has 98 valence electrons. The fourth-order valence-corrected chi connectivity index (χ4v) is 3.32. The molecule has 1 heterocycles. The van der Waals surface area contributed by atoms with Crippen molar-refractivity contribution in [2.24, 2.45) is 0 Å². The SMILES string of the molecule is O=C(O)CC1(NS(=O)(=O)c2cncc(Cl)c2)CC1. The van der Waals surface area contributed by atoms with Crippen LogP contribution in [0.15, 0.2) is 23.4 Å². The van der Waals surface area contributed by atoms with Crippen LogP contribution in [0.1, 0.15) is 19.3 Å². The highest BCUT2D eigenvalue weighted by molar-refractivity contribution is 7.89. The molecular weight excluding hydrogens is 280 g/mol. The molecule has 8 heteroatoms. The molecule has 1 aromatic heterocycles. The maximum absolute atomic E-state index is 12.0. The zero-order valence-corrected chi connectivity index (χ0v) is 10.8. The molecule has 6 nitrogen and oxygen atoms in total. The minimum Gasteiger partial charge on any atom is -0.481 e. The van der Waals surface area contributed by atoms with Crippen molar-refractivity contribution in [1.82, 2.24) is 9.71 Å². The summed E-state index contributed by atoms with van der Waals surface area (Å²) >= 11 is 5.67. The lowest BCUT2D eigenvalue weighted by atomic mass is 10.2. The Kier molecular flexibility index (Phi) is 3.31. The first-order valence-electron chi connectivity index (χ1n) is 5.19. The molecule has 1 fully saturated rings. The highest BCUT2D eigenvalue weighted by atomic mass is 35.5. The van der Waals surface area contributed by atoms with Crippen molar-refractivity contribution >= 4 is 27.6 Å². The number of carbonyl (C=O) groups is 1. The molecule has 0 saturated heterocycles. The highest BCUT2D eigenvalue weighted by Crippen LogP contribution is 2.40. The fraction of sp³-hybridized carbons (Fsp3) is 0.400. The van der Waals surface area contributed by atoms with Crippen LogP contribution in [-0.2, 0) is 14.8 Å². The predicted molar refractivity (Wildman–Crippen MR) is 63.8 cm³/mol. The van der Waals surface area contributed by atoms with Crippen LogP contribution in [-0.4, -0.2) is 30.0 Å². The van der Waals surface area contributed by atoms with E-state index in [-0.39, 0.29) is 16.3 Å². The molecule has 18 heavy (non-hydrogen) atoms. The van der Waals surface area contributed by atoms with Gasteiger partial charge in [-0.15, -0.1) is 0 Å². The van der Waals surface area contributed by atoms with Crippen molar-refractivity contribution in [2.75, 3.05) is 0 Å². The van der Waals surface area contributed by atoms with Crippen molar-refractivity contribution in [3.8, 4) is 0 Å². The van der Waals surface area contributed by atoms with Gasteiger partial charge < -0.3 is 5.11 Å². The first kappa shape index (κ1) is 13.3. The van der Waals surface area contributed by atoms with E-state index in [9.17, 15) is 13.2 Å². The minimum atomic E-state index is -3.78. The number of aromatic nitrogens is 1. The minimum absolute atomic E-state index is 0.0633. The van der Waals surface area contributed by atoms with Gasteiger partial charge in [-0.3, -0.25) is 9.78 Å². The Morgan fingerprint density at radius 2 is 2.17 bits per heavy atom. The third kappa shape index (κ3) is 2.98. The van der Waals surface area contributed by atoms with Gasteiger partial charge in [0.25, 0.3) is 0 Å². The van der Waals surface area contributed by atoms with E-state index in [0.29, 0.717) is 12.8 Å². The number of nitrogens with zero attached hydrogens (tertiary/aromatic N) is 1. The van der Waals surface area contributed by atoms with Crippen LogP contribution in [0.5, 0.6) is 0 Å². The van der Waals surface area contributed by atoms with Gasteiger partial charge in [-0.2, -0.15) is 0 Å². The third-order valence-electron chi connectivity index (χ3n) is 2.68. The number of nitrogens with one attached hydrogen (secondary N) is 1. The van der Waals surface area contributed by atoms with Gasteiger partial charge in [0.1, 0.15) is 4.90 Å². The summed E-state index contributed by atoms with van der Waals surface area (Å²) in [5.74, 6) is -1.03. The van der Waals surface area contributed by atoms with Gasteiger partial charge in [0.2, 0.25) is 10.0 Å². The van der Waals surface area contributed by atoms with Crippen molar-refractivity contribution in [1.29, 1.82) is 0 Å². The molecule has 0 aromatic carbocycles. The van der Waals surface area contributed by atoms with Gasteiger partial charge in [-0.1, -0.05) is 11.6 Å². The third-order valence-corrected chi connectivity index (χ3v) is 4.44. The number of rotatable bonds is 5. The lowest BCUT2D eigenvalue weighted by Crippen LogP contribution is -2.38. The molecule has 0 amide bonds. The summed E-state index contributed by atoms with van der Waals surface area (Å²) in [6, 6.07) is 1.27. The van der Waals surface area contributed by atoms with E-state index in [2.05, 4.69) is 9.71 Å². The van der Waals surface area contributed by atoms with Gasteiger partial charge in [0.05, 0.1) is 11.4 Å². The molecular formula is C10H11ClN2O4S.